The molecule has 1 aromatic heterocycles. The van der Waals surface area contributed by atoms with Gasteiger partial charge in [0.1, 0.15) is 11.1 Å². The number of likely N-dealkylation sites (tertiary alicyclic amines) is 1. The predicted molar refractivity (Wildman–Crippen MR) is 92.7 cm³/mol. The molecule has 5 nitrogen and oxygen atoms in total. The maximum atomic E-state index is 13.9. The van der Waals surface area contributed by atoms with Crippen molar-refractivity contribution >= 4 is 17.5 Å². The number of likely N-dealkylation sites (N-methyl/N-ethyl adjacent to an activating group) is 1. The van der Waals surface area contributed by atoms with E-state index in [1.165, 1.54) is 18.9 Å². The highest BCUT2D eigenvalue weighted by Crippen LogP contribution is 2.44. The first-order chi connectivity index (χ1) is 13.9. The van der Waals surface area contributed by atoms with Crippen LogP contribution in [0.15, 0.2) is 30.5 Å². The summed E-state index contributed by atoms with van der Waals surface area (Å²) in [5.74, 6) is -7.51. The molecular formula is C19H15F6N3O2. The number of aromatic nitrogens is 1. The van der Waals surface area contributed by atoms with Gasteiger partial charge < -0.3 is 10.2 Å². The van der Waals surface area contributed by atoms with Crippen molar-refractivity contribution in [1.82, 2.24) is 9.88 Å². The molecule has 1 saturated heterocycles. The lowest BCUT2D eigenvalue weighted by Gasteiger charge is -2.27. The van der Waals surface area contributed by atoms with E-state index in [1.54, 1.807) is 0 Å². The van der Waals surface area contributed by atoms with E-state index in [0.717, 1.165) is 24.4 Å². The van der Waals surface area contributed by atoms with Crippen LogP contribution in [0.2, 0.25) is 0 Å². The number of halogens is 6. The quantitative estimate of drug-likeness (QED) is 0.458. The molecule has 2 aromatic rings. The lowest BCUT2D eigenvalue weighted by atomic mass is 9.75. The number of anilines is 1. The molecule has 2 amide bonds. The second-order valence-corrected chi connectivity index (χ2v) is 7.09. The summed E-state index contributed by atoms with van der Waals surface area (Å²) in [7, 11) is 1.39. The summed E-state index contributed by atoms with van der Waals surface area (Å²) in [5.41, 5.74) is -3.48. The van der Waals surface area contributed by atoms with Gasteiger partial charge in [-0.05, 0) is 30.7 Å². The average Bonchev–Trinajstić information content (AvgIpc) is 2.93. The van der Waals surface area contributed by atoms with Crippen LogP contribution >= 0.6 is 0 Å². The Balaban J connectivity index is 1.96. The van der Waals surface area contributed by atoms with E-state index in [-0.39, 0.29) is 12.1 Å². The summed E-state index contributed by atoms with van der Waals surface area (Å²) in [4.78, 5) is 30.2. The van der Waals surface area contributed by atoms with Crippen molar-refractivity contribution < 1.29 is 35.9 Å². The van der Waals surface area contributed by atoms with Gasteiger partial charge in [0.05, 0.1) is 5.69 Å². The third kappa shape index (κ3) is 3.48. The highest BCUT2D eigenvalue weighted by Gasteiger charge is 2.55. The summed E-state index contributed by atoms with van der Waals surface area (Å²) in [6.07, 6.45) is -3.74. The first kappa shape index (κ1) is 21.6. The standard InChI is InChI=1S/C19H15F6N3O2/c1-18(16(29)27-12-5-4-11(20)14(21)15(12)22)10(8-28(2)17(18)30)9-3-6-13(26-7-9)19(23,24)25/h3-7,10H,8H2,1-2H3,(H,27,29)/t10-,18+/m1/s1. The maximum absolute atomic E-state index is 13.9. The Morgan fingerprint density at radius 1 is 1.17 bits per heavy atom. The van der Waals surface area contributed by atoms with Gasteiger partial charge in [0.2, 0.25) is 11.8 Å². The van der Waals surface area contributed by atoms with Gasteiger partial charge in [-0.3, -0.25) is 14.6 Å². The maximum Gasteiger partial charge on any atom is 0.433 e. The number of nitrogens with one attached hydrogen (secondary N) is 1. The van der Waals surface area contributed by atoms with E-state index in [9.17, 15) is 35.9 Å². The summed E-state index contributed by atoms with van der Waals surface area (Å²) >= 11 is 0. The van der Waals surface area contributed by atoms with Crippen LogP contribution in [0.1, 0.15) is 24.1 Å². The van der Waals surface area contributed by atoms with Crippen molar-refractivity contribution in [2.75, 3.05) is 18.9 Å². The van der Waals surface area contributed by atoms with Crippen molar-refractivity contribution in [1.29, 1.82) is 0 Å². The third-order valence-corrected chi connectivity index (χ3v) is 5.18. The van der Waals surface area contributed by atoms with Gasteiger partial charge in [-0.15, -0.1) is 0 Å². The molecule has 0 saturated carbocycles. The fraction of sp³-hybridized carbons (Fsp3) is 0.316. The number of carbonyl (C=O) groups is 2. The Bertz CT molecular complexity index is 1010. The molecule has 1 fully saturated rings. The fourth-order valence-electron chi connectivity index (χ4n) is 3.43. The van der Waals surface area contributed by atoms with E-state index in [1.807, 2.05) is 0 Å². The van der Waals surface area contributed by atoms with Crippen LogP contribution in [0, 0.1) is 22.9 Å². The number of hydrogen-bond acceptors (Lipinski definition) is 3. The lowest BCUT2D eigenvalue weighted by Crippen LogP contribution is -2.43. The lowest BCUT2D eigenvalue weighted by molar-refractivity contribution is -0.142. The van der Waals surface area contributed by atoms with Crippen LogP contribution < -0.4 is 5.32 Å². The first-order valence-corrected chi connectivity index (χ1v) is 8.61. The molecule has 1 aliphatic rings. The SMILES string of the molecule is CN1C[C@H](c2ccc(C(F)(F)F)nc2)[C@@](C)(C(=O)Nc2ccc(F)c(F)c2F)C1=O. The van der Waals surface area contributed by atoms with Crippen molar-refractivity contribution in [3.8, 4) is 0 Å². The van der Waals surface area contributed by atoms with Gasteiger partial charge in [0, 0.05) is 25.7 Å². The summed E-state index contributed by atoms with van der Waals surface area (Å²) in [6, 6.07) is 3.24. The van der Waals surface area contributed by atoms with E-state index >= 15 is 0 Å². The minimum atomic E-state index is -4.66. The topological polar surface area (TPSA) is 62.3 Å². The van der Waals surface area contributed by atoms with Crippen LogP contribution in [-0.2, 0) is 15.8 Å². The average molecular weight is 431 g/mol. The predicted octanol–water partition coefficient (Wildman–Crippen LogP) is 3.72. The number of rotatable bonds is 3. The fourth-order valence-corrected chi connectivity index (χ4v) is 3.43. The van der Waals surface area contributed by atoms with Crippen molar-refractivity contribution in [2.24, 2.45) is 5.41 Å². The zero-order valence-corrected chi connectivity index (χ0v) is 15.6. The molecule has 11 heteroatoms. The number of amides is 2. The van der Waals surface area contributed by atoms with E-state index in [4.69, 9.17) is 0 Å². The molecule has 1 N–H and O–H groups in total. The zero-order chi connectivity index (χ0) is 22.4. The Kier molecular flexibility index (Phi) is 5.25. The minimum absolute atomic E-state index is 0.0178. The van der Waals surface area contributed by atoms with Crippen LogP contribution in [0.4, 0.5) is 32.0 Å². The monoisotopic (exact) mass is 431 g/mol. The van der Waals surface area contributed by atoms with Crippen LogP contribution in [-0.4, -0.2) is 35.3 Å². The molecule has 0 spiro atoms. The second kappa shape index (κ2) is 7.29. The molecule has 2 atom stereocenters. The minimum Gasteiger partial charge on any atom is -0.344 e. The molecule has 1 aliphatic heterocycles. The van der Waals surface area contributed by atoms with Gasteiger partial charge >= 0.3 is 6.18 Å². The van der Waals surface area contributed by atoms with Crippen molar-refractivity contribution in [3.63, 3.8) is 0 Å². The molecule has 0 bridgehead atoms. The number of nitrogens with zero attached hydrogens (tertiary/aromatic N) is 2. The normalized spacial score (nSPS) is 21.8. The highest BCUT2D eigenvalue weighted by atomic mass is 19.4. The molecule has 3 rings (SSSR count). The second-order valence-electron chi connectivity index (χ2n) is 7.09. The van der Waals surface area contributed by atoms with E-state index in [0.29, 0.717) is 6.07 Å². The molecule has 30 heavy (non-hydrogen) atoms. The summed E-state index contributed by atoms with van der Waals surface area (Å²) < 4.78 is 78.8. The Morgan fingerprint density at radius 2 is 1.83 bits per heavy atom. The van der Waals surface area contributed by atoms with Gasteiger partial charge in [0.15, 0.2) is 17.5 Å². The zero-order valence-electron chi connectivity index (χ0n) is 15.6. The van der Waals surface area contributed by atoms with Gasteiger partial charge in [-0.1, -0.05) is 6.07 Å². The smallest absolute Gasteiger partial charge is 0.344 e. The number of carbonyl (C=O) groups excluding carboxylic acids is 2. The number of pyridine rings is 1. The van der Waals surface area contributed by atoms with Crippen molar-refractivity contribution in [3.05, 3.63) is 59.2 Å². The molecule has 0 radical (unpaired) electrons. The molecular weight excluding hydrogens is 416 g/mol. The van der Waals surface area contributed by atoms with Crippen molar-refractivity contribution in [2.45, 2.75) is 19.0 Å². The Morgan fingerprint density at radius 3 is 2.40 bits per heavy atom. The molecule has 1 aromatic carbocycles. The molecule has 2 heterocycles. The van der Waals surface area contributed by atoms with Gasteiger partial charge in [0.25, 0.3) is 0 Å². The van der Waals surface area contributed by atoms with E-state index < -0.39 is 58.2 Å². The first-order valence-electron chi connectivity index (χ1n) is 8.61. The highest BCUT2D eigenvalue weighted by molar-refractivity contribution is 6.12. The number of alkyl halides is 3. The largest absolute Gasteiger partial charge is 0.433 e. The molecule has 0 aliphatic carbocycles. The van der Waals surface area contributed by atoms with Gasteiger partial charge in [-0.2, -0.15) is 13.2 Å². The third-order valence-electron chi connectivity index (χ3n) is 5.18. The molecule has 0 unspecified atom stereocenters. The van der Waals surface area contributed by atoms with Crippen LogP contribution in [0.25, 0.3) is 0 Å². The summed E-state index contributed by atoms with van der Waals surface area (Å²) in [5, 5.41) is 2.08. The van der Waals surface area contributed by atoms with Crippen LogP contribution in [0.3, 0.4) is 0 Å². The van der Waals surface area contributed by atoms with Crippen LogP contribution in [0.5, 0.6) is 0 Å². The summed E-state index contributed by atoms with van der Waals surface area (Å²) in [6.45, 7) is 1.23. The number of benzene rings is 1. The van der Waals surface area contributed by atoms with Gasteiger partial charge in [-0.25, -0.2) is 13.2 Å². The Labute approximate surface area is 166 Å². The number of hydrogen-bond donors (Lipinski definition) is 1. The Hall–Kier alpha value is -3.11. The molecule has 160 valence electrons. The van der Waals surface area contributed by atoms with E-state index in [2.05, 4.69) is 10.3 Å².